The summed E-state index contributed by atoms with van der Waals surface area (Å²) in [7, 11) is 0. The van der Waals surface area contributed by atoms with E-state index in [1.807, 2.05) is 13.1 Å². The minimum atomic E-state index is -0.443. The second-order valence-corrected chi connectivity index (χ2v) is 5.23. The molecule has 1 amide bonds. The van der Waals surface area contributed by atoms with Crippen molar-refractivity contribution in [1.82, 2.24) is 10.3 Å². The van der Waals surface area contributed by atoms with Crippen LogP contribution in [-0.4, -0.2) is 17.4 Å². The van der Waals surface area contributed by atoms with E-state index < -0.39 is 5.41 Å². The number of carbonyl (C=O) groups excluding carboxylic acids is 1. The van der Waals surface area contributed by atoms with Crippen LogP contribution in [-0.2, 0) is 10.2 Å². The van der Waals surface area contributed by atoms with Crippen LogP contribution in [0.25, 0.3) is 10.9 Å². The van der Waals surface area contributed by atoms with E-state index >= 15 is 0 Å². The molecule has 3 rings (SSSR count). The van der Waals surface area contributed by atoms with E-state index in [-0.39, 0.29) is 11.7 Å². The third kappa shape index (κ3) is 1.91. The van der Waals surface area contributed by atoms with Crippen LogP contribution in [0.5, 0.6) is 0 Å². The lowest BCUT2D eigenvalue weighted by Gasteiger charge is -2.14. The summed E-state index contributed by atoms with van der Waals surface area (Å²) in [5, 5.41) is 3.78. The zero-order valence-corrected chi connectivity index (χ0v) is 10.9. The Morgan fingerprint density at radius 1 is 1.47 bits per heavy atom. The number of benzene rings is 1. The largest absolute Gasteiger partial charge is 0.361 e. The van der Waals surface area contributed by atoms with Crippen LogP contribution in [0, 0.1) is 5.82 Å². The van der Waals surface area contributed by atoms with Crippen LogP contribution in [0.2, 0.25) is 0 Å². The number of aromatic nitrogens is 1. The molecule has 1 heterocycles. The van der Waals surface area contributed by atoms with Gasteiger partial charge in [0.05, 0.1) is 5.41 Å². The fourth-order valence-corrected chi connectivity index (χ4v) is 2.64. The van der Waals surface area contributed by atoms with Crippen molar-refractivity contribution in [2.45, 2.75) is 31.6 Å². The molecular weight excluding hydrogens is 243 g/mol. The number of amides is 1. The van der Waals surface area contributed by atoms with Gasteiger partial charge in [-0.15, -0.1) is 0 Å². The molecule has 1 aliphatic rings. The van der Waals surface area contributed by atoms with Gasteiger partial charge in [0, 0.05) is 23.6 Å². The van der Waals surface area contributed by atoms with E-state index in [1.165, 1.54) is 12.1 Å². The predicted octanol–water partition coefficient (Wildman–Crippen LogP) is 2.86. The third-order valence-corrected chi connectivity index (χ3v) is 3.88. The molecule has 1 aromatic carbocycles. The Labute approximate surface area is 111 Å². The van der Waals surface area contributed by atoms with Crippen molar-refractivity contribution in [1.29, 1.82) is 0 Å². The van der Waals surface area contributed by atoms with Crippen molar-refractivity contribution < 1.29 is 9.18 Å². The first-order valence-corrected chi connectivity index (χ1v) is 6.73. The van der Waals surface area contributed by atoms with E-state index in [0.29, 0.717) is 6.54 Å². The zero-order chi connectivity index (χ0) is 13.5. The standard InChI is InChI=1S/C15H17FN2O/c1-2-7-17-14(19)15(5-6-15)12-9-18-13-4-3-10(16)8-11(12)13/h3-4,8-9,18H,2,5-7H2,1H3,(H,17,19). The van der Waals surface area contributed by atoms with E-state index in [9.17, 15) is 9.18 Å². The lowest BCUT2D eigenvalue weighted by molar-refractivity contribution is -0.123. The molecule has 1 aliphatic carbocycles. The Morgan fingerprint density at radius 3 is 2.95 bits per heavy atom. The average Bonchev–Trinajstić information content (AvgIpc) is 3.11. The number of carbonyl (C=O) groups is 1. The van der Waals surface area contributed by atoms with Crippen molar-refractivity contribution in [3.8, 4) is 0 Å². The van der Waals surface area contributed by atoms with Gasteiger partial charge in [-0.2, -0.15) is 0 Å². The van der Waals surface area contributed by atoms with Crippen molar-refractivity contribution in [3.63, 3.8) is 0 Å². The topological polar surface area (TPSA) is 44.9 Å². The highest BCUT2D eigenvalue weighted by Crippen LogP contribution is 2.50. The van der Waals surface area contributed by atoms with Gasteiger partial charge in [0.1, 0.15) is 5.82 Å². The third-order valence-electron chi connectivity index (χ3n) is 3.88. The highest BCUT2D eigenvalue weighted by molar-refractivity contribution is 5.97. The number of rotatable bonds is 4. The maximum absolute atomic E-state index is 13.4. The monoisotopic (exact) mass is 260 g/mol. The predicted molar refractivity (Wildman–Crippen MR) is 72.5 cm³/mol. The number of aromatic amines is 1. The summed E-state index contributed by atoms with van der Waals surface area (Å²) in [6.07, 6.45) is 4.45. The van der Waals surface area contributed by atoms with Gasteiger partial charge in [0.15, 0.2) is 0 Å². The Kier molecular flexibility index (Phi) is 2.81. The molecule has 1 fully saturated rings. The number of halogens is 1. The van der Waals surface area contributed by atoms with Crippen molar-refractivity contribution in [2.75, 3.05) is 6.54 Å². The molecule has 0 saturated heterocycles. The van der Waals surface area contributed by atoms with Gasteiger partial charge >= 0.3 is 0 Å². The molecule has 4 heteroatoms. The highest BCUT2D eigenvalue weighted by atomic mass is 19.1. The summed E-state index contributed by atoms with van der Waals surface area (Å²) in [5.74, 6) is -0.197. The zero-order valence-electron chi connectivity index (χ0n) is 10.9. The first-order chi connectivity index (χ1) is 9.17. The average molecular weight is 260 g/mol. The Balaban J connectivity index is 1.99. The lowest BCUT2D eigenvalue weighted by atomic mass is 9.94. The van der Waals surface area contributed by atoms with Crippen molar-refractivity contribution >= 4 is 16.8 Å². The van der Waals surface area contributed by atoms with Crippen molar-refractivity contribution in [3.05, 3.63) is 35.8 Å². The van der Waals surface area contributed by atoms with Crippen LogP contribution >= 0.6 is 0 Å². The summed E-state index contributed by atoms with van der Waals surface area (Å²) in [5.41, 5.74) is 1.36. The van der Waals surface area contributed by atoms with Crippen LogP contribution in [0.3, 0.4) is 0 Å². The first-order valence-electron chi connectivity index (χ1n) is 6.73. The number of H-pyrrole nitrogens is 1. The summed E-state index contributed by atoms with van der Waals surface area (Å²) in [6, 6.07) is 4.65. The summed E-state index contributed by atoms with van der Waals surface area (Å²) >= 11 is 0. The smallest absolute Gasteiger partial charge is 0.230 e. The number of fused-ring (bicyclic) bond motifs is 1. The number of hydrogen-bond donors (Lipinski definition) is 2. The van der Waals surface area contributed by atoms with Gasteiger partial charge in [-0.3, -0.25) is 4.79 Å². The van der Waals surface area contributed by atoms with E-state index in [2.05, 4.69) is 10.3 Å². The van der Waals surface area contributed by atoms with Crippen LogP contribution in [0.1, 0.15) is 31.7 Å². The van der Waals surface area contributed by atoms with Crippen LogP contribution in [0.15, 0.2) is 24.4 Å². The summed E-state index contributed by atoms with van der Waals surface area (Å²) in [6.45, 7) is 2.72. The second kappa shape index (κ2) is 4.37. The molecule has 0 bridgehead atoms. The molecule has 0 spiro atoms. The molecule has 2 aromatic rings. The van der Waals surface area contributed by atoms with E-state index in [0.717, 1.165) is 35.7 Å². The second-order valence-electron chi connectivity index (χ2n) is 5.23. The SMILES string of the molecule is CCCNC(=O)C1(c2c[nH]c3ccc(F)cc23)CC1. The highest BCUT2D eigenvalue weighted by Gasteiger charge is 2.52. The van der Waals surface area contributed by atoms with Crippen LogP contribution in [0.4, 0.5) is 4.39 Å². The molecule has 0 atom stereocenters. The van der Waals surface area contributed by atoms with Gasteiger partial charge < -0.3 is 10.3 Å². The van der Waals surface area contributed by atoms with Gasteiger partial charge in [-0.1, -0.05) is 6.92 Å². The fourth-order valence-electron chi connectivity index (χ4n) is 2.64. The first kappa shape index (κ1) is 12.2. The Morgan fingerprint density at radius 2 is 2.26 bits per heavy atom. The van der Waals surface area contributed by atoms with Crippen molar-refractivity contribution in [2.24, 2.45) is 0 Å². The quantitative estimate of drug-likeness (QED) is 0.872. The van der Waals surface area contributed by atoms with E-state index in [4.69, 9.17) is 0 Å². The Hall–Kier alpha value is -1.84. The summed E-state index contributed by atoms with van der Waals surface area (Å²) in [4.78, 5) is 15.4. The fraction of sp³-hybridized carbons (Fsp3) is 0.400. The molecule has 3 nitrogen and oxygen atoms in total. The minimum absolute atomic E-state index is 0.0690. The summed E-state index contributed by atoms with van der Waals surface area (Å²) < 4.78 is 13.4. The molecule has 19 heavy (non-hydrogen) atoms. The molecular formula is C15H17FN2O. The molecule has 1 saturated carbocycles. The van der Waals surface area contributed by atoms with Gasteiger partial charge in [-0.25, -0.2) is 4.39 Å². The van der Waals surface area contributed by atoms with Gasteiger partial charge in [-0.05, 0) is 43.0 Å². The molecule has 0 aliphatic heterocycles. The number of hydrogen-bond acceptors (Lipinski definition) is 1. The molecule has 2 N–H and O–H groups in total. The van der Waals surface area contributed by atoms with E-state index in [1.54, 1.807) is 6.07 Å². The maximum atomic E-state index is 13.4. The minimum Gasteiger partial charge on any atom is -0.361 e. The molecule has 0 unspecified atom stereocenters. The van der Waals surface area contributed by atoms with Crippen LogP contribution < -0.4 is 5.32 Å². The maximum Gasteiger partial charge on any atom is 0.230 e. The van der Waals surface area contributed by atoms with Gasteiger partial charge in [0.2, 0.25) is 5.91 Å². The molecule has 100 valence electrons. The normalized spacial score (nSPS) is 16.5. The number of nitrogens with one attached hydrogen (secondary N) is 2. The lowest BCUT2D eigenvalue weighted by Crippen LogP contribution is -2.35. The molecule has 0 radical (unpaired) electrons. The van der Waals surface area contributed by atoms with Gasteiger partial charge in [0.25, 0.3) is 0 Å². The Bertz CT molecular complexity index is 628. The molecule has 1 aromatic heterocycles.